The highest BCUT2D eigenvalue weighted by Crippen LogP contribution is 2.13. The van der Waals surface area contributed by atoms with E-state index in [9.17, 15) is 14.4 Å². The molecule has 1 amide bonds. The summed E-state index contributed by atoms with van der Waals surface area (Å²) in [4.78, 5) is 34.7. The lowest BCUT2D eigenvalue weighted by Gasteiger charge is -2.14. The summed E-state index contributed by atoms with van der Waals surface area (Å²) in [5, 5.41) is 11.0. The van der Waals surface area contributed by atoms with Gasteiger partial charge in [-0.05, 0) is 83.1 Å². The number of carboxylic acid groups (broad SMARTS) is 1. The number of aliphatic carboxylic acids is 1. The van der Waals surface area contributed by atoms with Crippen molar-refractivity contribution in [3.05, 3.63) is 85.1 Å². The molecule has 0 spiro atoms. The molecule has 1 atom stereocenters. The number of carboxylic acids is 1. The fourth-order valence-electron chi connectivity index (χ4n) is 4.45. The summed E-state index contributed by atoms with van der Waals surface area (Å²) >= 11 is 0. The Bertz CT molecular complexity index is 970. The Morgan fingerprint density at radius 3 is 1.76 bits per heavy atom. The first kappa shape index (κ1) is 42.6. The van der Waals surface area contributed by atoms with Crippen LogP contribution in [0.2, 0.25) is 0 Å². The SMILES string of the molecule is CC/C=C\C/C=C\C/C=C\C/C=C\CCC(=O)OC(/C=C\C/C=C\C/C=C\CCCCC)CCCCCCCC(=O)NCC(=O)O. The van der Waals surface area contributed by atoms with Gasteiger partial charge >= 0.3 is 11.9 Å². The van der Waals surface area contributed by atoms with Crippen LogP contribution in [0.5, 0.6) is 0 Å². The van der Waals surface area contributed by atoms with Crippen molar-refractivity contribution in [1.29, 1.82) is 0 Å². The molecule has 46 heavy (non-hydrogen) atoms. The molecule has 0 heterocycles. The number of hydrogen-bond donors (Lipinski definition) is 2. The fraction of sp³-hybridized carbons (Fsp3) is 0.575. The highest BCUT2D eigenvalue weighted by Gasteiger charge is 2.11. The van der Waals surface area contributed by atoms with Crippen molar-refractivity contribution in [3.8, 4) is 0 Å². The number of nitrogens with one attached hydrogen (secondary N) is 1. The molecule has 0 saturated heterocycles. The van der Waals surface area contributed by atoms with Gasteiger partial charge in [0.25, 0.3) is 0 Å². The van der Waals surface area contributed by atoms with E-state index in [4.69, 9.17) is 9.84 Å². The number of esters is 1. The van der Waals surface area contributed by atoms with Crippen molar-refractivity contribution in [1.82, 2.24) is 5.32 Å². The third-order valence-corrected chi connectivity index (χ3v) is 7.05. The number of allylic oxidation sites excluding steroid dienone is 13. The molecular formula is C40H63NO5. The van der Waals surface area contributed by atoms with E-state index in [1.54, 1.807) is 0 Å². The molecule has 0 rings (SSSR count). The lowest BCUT2D eigenvalue weighted by molar-refractivity contribution is -0.147. The summed E-state index contributed by atoms with van der Waals surface area (Å²) in [5.74, 6) is -1.43. The lowest BCUT2D eigenvalue weighted by atomic mass is 10.1. The normalized spacial score (nSPS) is 13.1. The van der Waals surface area contributed by atoms with Crippen LogP contribution < -0.4 is 5.32 Å². The van der Waals surface area contributed by atoms with E-state index in [2.05, 4.69) is 92.1 Å². The van der Waals surface area contributed by atoms with Gasteiger partial charge in [-0.25, -0.2) is 0 Å². The fourth-order valence-corrected chi connectivity index (χ4v) is 4.45. The minimum Gasteiger partial charge on any atom is -0.480 e. The van der Waals surface area contributed by atoms with Crippen LogP contribution in [0.4, 0.5) is 0 Å². The monoisotopic (exact) mass is 637 g/mol. The third-order valence-electron chi connectivity index (χ3n) is 7.05. The van der Waals surface area contributed by atoms with Crippen LogP contribution >= 0.6 is 0 Å². The molecule has 0 aromatic carbocycles. The second kappa shape index (κ2) is 34.5. The number of unbranched alkanes of at least 4 members (excludes halogenated alkanes) is 7. The molecule has 0 aromatic heterocycles. The molecule has 6 heteroatoms. The van der Waals surface area contributed by atoms with Gasteiger partial charge in [0.1, 0.15) is 12.6 Å². The van der Waals surface area contributed by atoms with Crippen LogP contribution in [0, 0.1) is 0 Å². The Hall–Kier alpha value is -3.41. The van der Waals surface area contributed by atoms with Gasteiger partial charge in [-0.15, -0.1) is 0 Å². The van der Waals surface area contributed by atoms with Crippen LogP contribution in [0.15, 0.2) is 85.1 Å². The molecule has 0 saturated carbocycles. The Kier molecular flexibility index (Phi) is 31.9. The van der Waals surface area contributed by atoms with Crippen molar-refractivity contribution < 1.29 is 24.2 Å². The van der Waals surface area contributed by atoms with Crippen molar-refractivity contribution in [3.63, 3.8) is 0 Å². The van der Waals surface area contributed by atoms with Crippen LogP contribution in [-0.2, 0) is 19.1 Å². The van der Waals surface area contributed by atoms with E-state index >= 15 is 0 Å². The number of amides is 1. The van der Waals surface area contributed by atoms with E-state index in [0.717, 1.165) is 83.5 Å². The van der Waals surface area contributed by atoms with Crippen LogP contribution in [0.1, 0.15) is 136 Å². The molecular weight excluding hydrogens is 574 g/mol. The van der Waals surface area contributed by atoms with E-state index < -0.39 is 5.97 Å². The molecule has 0 aliphatic carbocycles. The molecule has 258 valence electrons. The molecule has 0 fully saturated rings. The van der Waals surface area contributed by atoms with Gasteiger partial charge in [0, 0.05) is 12.8 Å². The summed E-state index contributed by atoms with van der Waals surface area (Å²) in [6.07, 6.45) is 47.1. The summed E-state index contributed by atoms with van der Waals surface area (Å²) in [7, 11) is 0. The van der Waals surface area contributed by atoms with Gasteiger partial charge in [-0.3, -0.25) is 14.4 Å². The van der Waals surface area contributed by atoms with E-state index in [1.165, 1.54) is 19.3 Å². The maximum Gasteiger partial charge on any atom is 0.322 e. The number of carbonyl (C=O) groups is 3. The van der Waals surface area contributed by atoms with E-state index in [1.807, 2.05) is 12.2 Å². The largest absolute Gasteiger partial charge is 0.480 e. The standard InChI is InChI=1S/C40H63NO5/c1-3-5-7-9-11-13-15-16-18-20-22-27-31-35-40(45)46-37(32-28-24-21-19-17-14-12-10-8-6-4-2)33-29-25-23-26-30-34-38(42)41-36-39(43)44/h5,7,11-14,16,18-19,21-22,27-28,32,37H,3-4,6,8-10,15,17,20,23-26,29-31,33-36H2,1-2H3,(H,41,42)(H,43,44)/b7-5-,13-11-,14-12-,18-16-,21-19-,27-22-,32-28-. The smallest absolute Gasteiger partial charge is 0.322 e. The molecule has 0 aromatic rings. The minimum atomic E-state index is -1.03. The van der Waals surface area contributed by atoms with Crippen LogP contribution in [0.25, 0.3) is 0 Å². The molecule has 0 radical (unpaired) electrons. The van der Waals surface area contributed by atoms with Gasteiger partial charge in [0.2, 0.25) is 5.91 Å². The summed E-state index contributed by atoms with van der Waals surface area (Å²) < 4.78 is 5.83. The summed E-state index contributed by atoms with van der Waals surface area (Å²) in [5.41, 5.74) is 0. The van der Waals surface area contributed by atoms with Gasteiger partial charge < -0.3 is 15.2 Å². The van der Waals surface area contributed by atoms with Crippen LogP contribution in [0.3, 0.4) is 0 Å². The van der Waals surface area contributed by atoms with Crippen molar-refractivity contribution in [2.45, 2.75) is 142 Å². The van der Waals surface area contributed by atoms with Crippen LogP contribution in [-0.4, -0.2) is 35.6 Å². The summed E-state index contributed by atoms with van der Waals surface area (Å²) in [6.45, 7) is 4.03. The molecule has 0 bridgehead atoms. The van der Waals surface area contributed by atoms with E-state index in [-0.39, 0.29) is 24.5 Å². The lowest BCUT2D eigenvalue weighted by Crippen LogP contribution is -2.28. The third kappa shape index (κ3) is 33.5. The average Bonchev–Trinajstić information content (AvgIpc) is 3.04. The van der Waals surface area contributed by atoms with Gasteiger partial charge in [0.05, 0.1) is 0 Å². The Morgan fingerprint density at radius 1 is 0.609 bits per heavy atom. The number of ether oxygens (including phenoxy) is 1. The average molecular weight is 638 g/mol. The zero-order chi connectivity index (χ0) is 33.8. The highest BCUT2D eigenvalue weighted by molar-refractivity contribution is 5.80. The maximum atomic E-state index is 12.6. The number of carbonyl (C=O) groups excluding carboxylic acids is 2. The Morgan fingerprint density at radius 2 is 1.15 bits per heavy atom. The quantitative estimate of drug-likeness (QED) is 0.0464. The molecule has 2 N–H and O–H groups in total. The van der Waals surface area contributed by atoms with Gasteiger partial charge in [-0.2, -0.15) is 0 Å². The first-order chi connectivity index (χ1) is 22.5. The first-order valence-electron chi connectivity index (χ1n) is 17.7. The number of hydrogen-bond acceptors (Lipinski definition) is 4. The van der Waals surface area contributed by atoms with Crippen molar-refractivity contribution in [2.75, 3.05) is 6.54 Å². The first-order valence-corrected chi connectivity index (χ1v) is 17.7. The predicted octanol–water partition coefficient (Wildman–Crippen LogP) is 10.4. The highest BCUT2D eigenvalue weighted by atomic mass is 16.5. The maximum absolute atomic E-state index is 12.6. The van der Waals surface area contributed by atoms with Crippen molar-refractivity contribution in [2.24, 2.45) is 0 Å². The number of rotatable bonds is 30. The Labute approximate surface area is 280 Å². The predicted molar refractivity (Wildman–Crippen MR) is 194 cm³/mol. The van der Waals surface area contributed by atoms with Gasteiger partial charge in [-0.1, -0.05) is 125 Å². The van der Waals surface area contributed by atoms with Crippen molar-refractivity contribution >= 4 is 17.8 Å². The second-order valence-electron chi connectivity index (χ2n) is 11.4. The topological polar surface area (TPSA) is 92.7 Å². The minimum absolute atomic E-state index is 0.173. The molecule has 1 unspecified atom stereocenters. The zero-order valence-corrected chi connectivity index (χ0v) is 28.9. The summed E-state index contributed by atoms with van der Waals surface area (Å²) in [6, 6.07) is 0. The Balaban J connectivity index is 4.50. The molecule has 0 aliphatic rings. The molecule has 0 aliphatic heterocycles. The molecule has 6 nitrogen and oxygen atoms in total. The van der Waals surface area contributed by atoms with E-state index in [0.29, 0.717) is 19.3 Å². The zero-order valence-electron chi connectivity index (χ0n) is 28.9. The van der Waals surface area contributed by atoms with Gasteiger partial charge in [0.15, 0.2) is 0 Å². The second-order valence-corrected chi connectivity index (χ2v) is 11.4.